The van der Waals surface area contributed by atoms with E-state index < -0.39 is 11.9 Å². The number of aromatic nitrogens is 1. The van der Waals surface area contributed by atoms with Crippen molar-refractivity contribution in [2.75, 3.05) is 13.7 Å². The molecule has 0 aromatic carbocycles. The molecule has 17 heavy (non-hydrogen) atoms. The molecule has 0 aliphatic carbocycles. The van der Waals surface area contributed by atoms with Gasteiger partial charge < -0.3 is 15.2 Å². The molecule has 0 bridgehead atoms. The maximum Gasteiger partial charge on any atom is 0.250 e. The van der Waals surface area contributed by atoms with Gasteiger partial charge in [0.1, 0.15) is 0 Å². The van der Waals surface area contributed by atoms with E-state index in [-0.39, 0.29) is 12.0 Å². The number of halogens is 1. The van der Waals surface area contributed by atoms with Crippen LogP contribution in [0.4, 0.5) is 4.39 Å². The van der Waals surface area contributed by atoms with Gasteiger partial charge in [0.2, 0.25) is 5.88 Å². The Labute approximate surface area is 101 Å². The molecule has 1 aromatic rings. The average Bonchev–Trinajstić information content (AvgIpc) is 2.35. The summed E-state index contributed by atoms with van der Waals surface area (Å²) in [6, 6.07) is 1.04. The number of nitrogens with two attached hydrogens (primary N) is 1. The second-order valence-corrected chi connectivity index (χ2v) is 3.65. The molecule has 0 amide bonds. The molecule has 2 atom stereocenters. The Bertz CT molecular complexity index is 360. The number of rotatable bonds is 6. The molecular formula is C12H19FN2O2. The summed E-state index contributed by atoms with van der Waals surface area (Å²) < 4.78 is 24.2. The van der Waals surface area contributed by atoms with Crippen molar-refractivity contribution in [2.45, 2.75) is 32.4 Å². The van der Waals surface area contributed by atoms with Crippen molar-refractivity contribution in [2.24, 2.45) is 5.73 Å². The van der Waals surface area contributed by atoms with E-state index >= 15 is 0 Å². The third-order valence-electron chi connectivity index (χ3n) is 2.62. The number of ether oxygens (including phenoxy) is 2. The molecule has 2 N–H and O–H groups in total. The van der Waals surface area contributed by atoms with Crippen LogP contribution in [-0.4, -0.2) is 24.8 Å². The molecule has 4 nitrogen and oxygen atoms in total. The molecule has 0 fully saturated rings. The lowest BCUT2D eigenvalue weighted by Crippen LogP contribution is -2.29. The molecule has 0 saturated carbocycles. The third kappa shape index (κ3) is 3.14. The number of nitrogens with zero attached hydrogens (tertiary/aromatic N) is 1. The van der Waals surface area contributed by atoms with Crippen LogP contribution in [0.2, 0.25) is 0 Å². The fourth-order valence-electron chi connectivity index (χ4n) is 1.73. The van der Waals surface area contributed by atoms with Crippen molar-refractivity contribution in [1.82, 2.24) is 4.98 Å². The van der Waals surface area contributed by atoms with E-state index in [4.69, 9.17) is 15.2 Å². The summed E-state index contributed by atoms with van der Waals surface area (Å²) in [5, 5.41) is 0. The quantitative estimate of drug-likeness (QED) is 0.829. The Hall–Kier alpha value is -1.20. The second kappa shape index (κ2) is 6.51. The molecule has 0 saturated heterocycles. The predicted molar refractivity (Wildman–Crippen MR) is 63.4 cm³/mol. The van der Waals surface area contributed by atoms with Crippen LogP contribution in [0.15, 0.2) is 12.3 Å². The number of pyridine rings is 1. The van der Waals surface area contributed by atoms with Gasteiger partial charge in [-0.2, -0.15) is 0 Å². The highest BCUT2D eigenvalue weighted by molar-refractivity contribution is 5.27. The molecular weight excluding hydrogens is 223 g/mol. The zero-order valence-electron chi connectivity index (χ0n) is 10.4. The Morgan fingerprint density at radius 2 is 2.18 bits per heavy atom. The van der Waals surface area contributed by atoms with Crippen molar-refractivity contribution in [3.8, 4) is 5.88 Å². The maximum atomic E-state index is 13.9. The molecule has 5 heteroatoms. The van der Waals surface area contributed by atoms with E-state index in [1.165, 1.54) is 13.3 Å². The average molecular weight is 242 g/mol. The summed E-state index contributed by atoms with van der Waals surface area (Å²) >= 11 is 0. The van der Waals surface area contributed by atoms with Gasteiger partial charge in [0.15, 0.2) is 5.82 Å². The Morgan fingerprint density at radius 1 is 1.47 bits per heavy atom. The smallest absolute Gasteiger partial charge is 0.250 e. The SMILES string of the molecule is CCOC(CC)C(N)c1ccnc(OC)c1F. The highest BCUT2D eigenvalue weighted by atomic mass is 19.1. The van der Waals surface area contributed by atoms with Crippen LogP contribution in [0, 0.1) is 5.82 Å². The summed E-state index contributed by atoms with van der Waals surface area (Å²) in [6.07, 6.45) is 2.00. The summed E-state index contributed by atoms with van der Waals surface area (Å²) in [5.41, 5.74) is 6.38. The van der Waals surface area contributed by atoms with Crippen molar-refractivity contribution in [1.29, 1.82) is 0 Å². The van der Waals surface area contributed by atoms with Crippen LogP contribution < -0.4 is 10.5 Å². The van der Waals surface area contributed by atoms with Gasteiger partial charge >= 0.3 is 0 Å². The predicted octanol–water partition coefficient (Wildman–Crippen LogP) is 2.04. The molecule has 96 valence electrons. The molecule has 1 aromatic heterocycles. The lowest BCUT2D eigenvalue weighted by molar-refractivity contribution is 0.0404. The van der Waals surface area contributed by atoms with E-state index in [9.17, 15) is 4.39 Å². The van der Waals surface area contributed by atoms with Gasteiger partial charge in [0.25, 0.3) is 0 Å². The Kier molecular flexibility index (Phi) is 5.31. The standard InChI is InChI=1S/C12H19FN2O2/c1-4-9(17-5-2)11(14)8-6-7-15-12(16-3)10(8)13/h6-7,9,11H,4-5,14H2,1-3H3. The number of hydrogen-bond donors (Lipinski definition) is 1. The lowest BCUT2D eigenvalue weighted by atomic mass is 10.0. The molecule has 0 radical (unpaired) electrons. The van der Waals surface area contributed by atoms with Crippen molar-refractivity contribution in [3.05, 3.63) is 23.6 Å². The molecule has 2 unspecified atom stereocenters. The molecule has 0 aliphatic rings. The minimum absolute atomic E-state index is 0.0377. The van der Waals surface area contributed by atoms with Gasteiger partial charge in [-0.05, 0) is 19.4 Å². The maximum absolute atomic E-state index is 13.9. The van der Waals surface area contributed by atoms with E-state index in [0.29, 0.717) is 12.2 Å². The van der Waals surface area contributed by atoms with Gasteiger partial charge in [-0.15, -0.1) is 0 Å². The summed E-state index contributed by atoms with van der Waals surface area (Å²) in [6.45, 7) is 4.39. The van der Waals surface area contributed by atoms with Crippen LogP contribution in [0.3, 0.4) is 0 Å². The number of hydrogen-bond acceptors (Lipinski definition) is 4. The van der Waals surface area contributed by atoms with Gasteiger partial charge in [-0.1, -0.05) is 6.92 Å². The molecule has 1 heterocycles. The van der Waals surface area contributed by atoms with Crippen LogP contribution in [0.1, 0.15) is 31.9 Å². The Morgan fingerprint density at radius 3 is 2.71 bits per heavy atom. The van der Waals surface area contributed by atoms with Gasteiger partial charge in [-0.25, -0.2) is 9.37 Å². The van der Waals surface area contributed by atoms with Crippen molar-refractivity contribution < 1.29 is 13.9 Å². The fraction of sp³-hybridized carbons (Fsp3) is 0.583. The zero-order valence-corrected chi connectivity index (χ0v) is 10.4. The molecule has 0 aliphatic heterocycles. The largest absolute Gasteiger partial charge is 0.479 e. The first kappa shape index (κ1) is 13.9. The topological polar surface area (TPSA) is 57.4 Å². The molecule has 0 spiro atoms. The Balaban J connectivity index is 2.98. The zero-order chi connectivity index (χ0) is 12.8. The summed E-state index contributed by atoms with van der Waals surface area (Å²) in [7, 11) is 1.38. The van der Waals surface area contributed by atoms with Crippen molar-refractivity contribution in [3.63, 3.8) is 0 Å². The van der Waals surface area contributed by atoms with E-state index in [1.807, 2.05) is 13.8 Å². The van der Waals surface area contributed by atoms with Crippen LogP contribution in [0.25, 0.3) is 0 Å². The van der Waals surface area contributed by atoms with E-state index in [0.717, 1.165) is 6.42 Å². The number of methoxy groups -OCH3 is 1. The fourth-order valence-corrected chi connectivity index (χ4v) is 1.73. The van der Waals surface area contributed by atoms with Gasteiger partial charge in [0, 0.05) is 18.4 Å². The lowest BCUT2D eigenvalue weighted by Gasteiger charge is -2.23. The first-order valence-corrected chi connectivity index (χ1v) is 5.71. The van der Waals surface area contributed by atoms with E-state index in [2.05, 4.69) is 4.98 Å². The normalized spacial score (nSPS) is 14.4. The molecule has 1 rings (SSSR count). The summed E-state index contributed by atoms with van der Waals surface area (Å²) in [4.78, 5) is 3.78. The minimum atomic E-state index is -0.517. The monoisotopic (exact) mass is 242 g/mol. The van der Waals surface area contributed by atoms with Gasteiger partial charge in [-0.3, -0.25) is 0 Å². The first-order valence-electron chi connectivity index (χ1n) is 5.71. The van der Waals surface area contributed by atoms with E-state index in [1.54, 1.807) is 6.07 Å². The van der Waals surface area contributed by atoms with Gasteiger partial charge in [0.05, 0.1) is 19.3 Å². The van der Waals surface area contributed by atoms with Crippen LogP contribution in [0.5, 0.6) is 5.88 Å². The van der Waals surface area contributed by atoms with Crippen LogP contribution >= 0.6 is 0 Å². The third-order valence-corrected chi connectivity index (χ3v) is 2.62. The van der Waals surface area contributed by atoms with Crippen molar-refractivity contribution >= 4 is 0 Å². The minimum Gasteiger partial charge on any atom is -0.479 e. The van der Waals surface area contributed by atoms with Crippen LogP contribution in [-0.2, 0) is 4.74 Å². The highest BCUT2D eigenvalue weighted by Crippen LogP contribution is 2.25. The summed E-state index contributed by atoms with van der Waals surface area (Å²) in [5.74, 6) is -0.551. The highest BCUT2D eigenvalue weighted by Gasteiger charge is 2.23. The first-order chi connectivity index (χ1) is 8.15. The second-order valence-electron chi connectivity index (χ2n) is 3.65.